The number of rotatable bonds is 4. The second-order valence-electron chi connectivity index (χ2n) is 5.90. The first kappa shape index (κ1) is 17.2. The zero-order chi connectivity index (χ0) is 16.8. The lowest BCUT2D eigenvalue weighted by atomic mass is 10.2. The third-order valence-corrected chi connectivity index (χ3v) is 5.29. The number of amides is 1. The van der Waals surface area contributed by atoms with Crippen molar-refractivity contribution >= 4 is 29.0 Å². The largest absolute Gasteiger partial charge is 0.445 e. The zero-order valence-corrected chi connectivity index (χ0v) is 14.7. The molecule has 2 atom stereocenters. The lowest BCUT2D eigenvalue weighted by molar-refractivity contribution is 0.139. The molecule has 1 saturated carbocycles. The number of hydrogen-bond donors (Lipinski definition) is 2. The van der Waals surface area contributed by atoms with Gasteiger partial charge in [0.05, 0.1) is 5.51 Å². The van der Waals surface area contributed by atoms with Crippen LogP contribution in [0, 0.1) is 17.8 Å². The van der Waals surface area contributed by atoms with Crippen LogP contribution < -0.4 is 10.6 Å². The van der Waals surface area contributed by atoms with E-state index in [0.717, 1.165) is 37.0 Å². The summed E-state index contributed by atoms with van der Waals surface area (Å²) in [6.45, 7) is 3.31. The highest BCUT2D eigenvalue weighted by atomic mass is 35.5. The van der Waals surface area contributed by atoms with E-state index in [1.165, 1.54) is 11.3 Å². The Morgan fingerprint density at radius 1 is 1.33 bits per heavy atom. The Bertz CT molecular complexity index is 629. The van der Waals surface area contributed by atoms with Crippen LogP contribution in [0.25, 0.3) is 0 Å². The molecule has 5 nitrogen and oxygen atoms in total. The van der Waals surface area contributed by atoms with Crippen LogP contribution in [0.1, 0.15) is 5.56 Å². The van der Waals surface area contributed by atoms with E-state index in [2.05, 4.69) is 15.6 Å². The Kier molecular flexibility index (Phi) is 6.07. The van der Waals surface area contributed by atoms with E-state index in [9.17, 15) is 4.79 Å². The van der Waals surface area contributed by atoms with Gasteiger partial charge in [-0.1, -0.05) is 41.9 Å². The maximum atomic E-state index is 11.5. The quantitative estimate of drug-likeness (QED) is 0.873. The minimum atomic E-state index is -0.309. The molecule has 1 aliphatic heterocycles. The maximum absolute atomic E-state index is 11.5. The molecule has 1 aromatic heterocycles. The number of aromatic nitrogens is 1. The van der Waals surface area contributed by atoms with Crippen LogP contribution in [0.15, 0.2) is 41.2 Å². The van der Waals surface area contributed by atoms with Crippen LogP contribution in [0.3, 0.4) is 0 Å². The van der Waals surface area contributed by atoms with E-state index in [-0.39, 0.29) is 6.09 Å². The van der Waals surface area contributed by atoms with Gasteiger partial charge in [-0.2, -0.15) is 0 Å². The van der Waals surface area contributed by atoms with Crippen LogP contribution in [0.5, 0.6) is 0 Å². The predicted octanol–water partition coefficient (Wildman–Crippen LogP) is 3.17. The highest BCUT2D eigenvalue weighted by molar-refractivity contribution is 7.08. The number of alkyl carbamates (subject to hydrolysis) is 1. The molecular formula is C17H20ClN3O2S. The van der Waals surface area contributed by atoms with Crippen molar-refractivity contribution in [2.75, 3.05) is 19.6 Å². The fourth-order valence-electron chi connectivity index (χ4n) is 3.02. The van der Waals surface area contributed by atoms with Crippen LogP contribution in [-0.4, -0.2) is 30.7 Å². The Balaban J connectivity index is 0.000000238. The molecule has 128 valence electrons. The summed E-state index contributed by atoms with van der Waals surface area (Å²) in [5, 5.41) is 8.56. The van der Waals surface area contributed by atoms with Gasteiger partial charge in [0.15, 0.2) is 0 Å². The number of hydrogen-bond acceptors (Lipinski definition) is 5. The smallest absolute Gasteiger partial charge is 0.407 e. The van der Waals surface area contributed by atoms with Crippen LogP contribution in [0.2, 0.25) is 5.15 Å². The molecule has 0 radical (unpaired) electrons. The summed E-state index contributed by atoms with van der Waals surface area (Å²) in [7, 11) is 0. The molecule has 2 heterocycles. The maximum Gasteiger partial charge on any atom is 0.407 e. The molecule has 1 aliphatic carbocycles. The SMILES string of the molecule is Clc1cscn1.O=C(NCC1C2CNCC21)OCc1ccccc1. The number of nitrogens with one attached hydrogen (secondary N) is 2. The van der Waals surface area contributed by atoms with Gasteiger partial charge in [0.25, 0.3) is 0 Å². The summed E-state index contributed by atoms with van der Waals surface area (Å²) in [5.41, 5.74) is 2.71. The molecule has 7 heteroatoms. The number of fused-ring (bicyclic) bond motifs is 1. The fraction of sp³-hybridized carbons (Fsp3) is 0.412. The molecule has 4 rings (SSSR count). The summed E-state index contributed by atoms with van der Waals surface area (Å²) in [6.07, 6.45) is -0.309. The number of thiazole rings is 1. The molecular weight excluding hydrogens is 346 g/mol. The monoisotopic (exact) mass is 365 g/mol. The average molecular weight is 366 g/mol. The first-order valence-electron chi connectivity index (χ1n) is 7.93. The molecule has 2 aromatic rings. The Morgan fingerprint density at radius 2 is 2.08 bits per heavy atom. The number of nitrogens with zero attached hydrogens (tertiary/aromatic N) is 1. The number of carbonyl (C=O) groups excluding carboxylic acids is 1. The van der Waals surface area contributed by atoms with Crippen molar-refractivity contribution in [2.45, 2.75) is 6.61 Å². The second kappa shape index (κ2) is 8.46. The van der Waals surface area contributed by atoms with Gasteiger partial charge in [0.2, 0.25) is 0 Å². The number of piperidine rings is 1. The van der Waals surface area contributed by atoms with Crippen LogP contribution in [0.4, 0.5) is 4.79 Å². The highest BCUT2D eigenvalue weighted by Crippen LogP contribution is 2.47. The van der Waals surface area contributed by atoms with Gasteiger partial charge in [-0.3, -0.25) is 0 Å². The number of halogens is 1. The Morgan fingerprint density at radius 3 is 2.67 bits per heavy atom. The molecule has 1 amide bonds. The Hall–Kier alpha value is -1.63. The predicted molar refractivity (Wildman–Crippen MR) is 95.1 cm³/mol. The molecule has 2 aliphatic rings. The standard InChI is InChI=1S/C14H18N2O2.C3H2ClNS/c17-14(18-9-10-4-2-1-3-5-10)16-8-13-11-6-15-7-12(11)13;4-3-1-6-2-5-3/h1-5,11-13,15H,6-9H2,(H,16,17);1-2H. The van der Waals surface area contributed by atoms with Gasteiger partial charge >= 0.3 is 6.09 Å². The minimum Gasteiger partial charge on any atom is -0.445 e. The van der Waals surface area contributed by atoms with Crippen molar-refractivity contribution in [3.8, 4) is 0 Å². The van der Waals surface area contributed by atoms with Crippen molar-refractivity contribution in [1.29, 1.82) is 0 Å². The molecule has 2 unspecified atom stereocenters. The molecule has 2 N–H and O–H groups in total. The van der Waals surface area contributed by atoms with Gasteiger partial charge in [0.1, 0.15) is 11.8 Å². The van der Waals surface area contributed by atoms with Gasteiger partial charge in [-0.05, 0) is 36.4 Å². The topological polar surface area (TPSA) is 63.2 Å². The Labute approximate surface area is 150 Å². The zero-order valence-electron chi connectivity index (χ0n) is 13.2. The fourth-order valence-corrected chi connectivity index (χ4v) is 3.69. The first-order chi connectivity index (χ1) is 11.7. The second-order valence-corrected chi connectivity index (χ2v) is 7.01. The molecule has 0 spiro atoms. The summed E-state index contributed by atoms with van der Waals surface area (Å²) in [6, 6.07) is 9.72. The number of benzene rings is 1. The normalized spacial score (nSPS) is 23.6. The average Bonchev–Trinajstić information content (AvgIpc) is 3.00. The van der Waals surface area contributed by atoms with Gasteiger partial charge in [0, 0.05) is 11.9 Å². The summed E-state index contributed by atoms with van der Waals surface area (Å²) < 4.78 is 5.16. The van der Waals surface area contributed by atoms with Crippen molar-refractivity contribution < 1.29 is 9.53 Å². The summed E-state index contributed by atoms with van der Waals surface area (Å²) in [4.78, 5) is 15.2. The molecule has 0 bridgehead atoms. The van der Waals surface area contributed by atoms with Crippen LogP contribution in [-0.2, 0) is 11.3 Å². The first-order valence-corrected chi connectivity index (χ1v) is 9.25. The van der Waals surface area contributed by atoms with E-state index >= 15 is 0 Å². The molecule has 2 fully saturated rings. The van der Waals surface area contributed by atoms with Gasteiger partial charge in [-0.15, -0.1) is 11.3 Å². The van der Waals surface area contributed by atoms with E-state index in [1.807, 2.05) is 30.3 Å². The van der Waals surface area contributed by atoms with Crippen molar-refractivity contribution in [3.63, 3.8) is 0 Å². The van der Waals surface area contributed by atoms with E-state index in [0.29, 0.717) is 17.7 Å². The summed E-state index contributed by atoms with van der Waals surface area (Å²) in [5.74, 6) is 2.22. The molecule has 1 aromatic carbocycles. The van der Waals surface area contributed by atoms with Crippen molar-refractivity contribution in [3.05, 3.63) is 51.9 Å². The summed E-state index contributed by atoms with van der Waals surface area (Å²) >= 11 is 6.85. The van der Waals surface area contributed by atoms with E-state index in [4.69, 9.17) is 16.3 Å². The third-order valence-electron chi connectivity index (χ3n) is 4.37. The molecule has 24 heavy (non-hydrogen) atoms. The number of ether oxygens (including phenoxy) is 1. The lowest BCUT2D eigenvalue weighted by Gasteiger charge is -2.08. The van der Waals surface area contributed by atoms with Gasteiger partial charge in [-0.25, -0.2) is 9.78 Å². The third kappa shape index (κ3) is 4.93. The minimum absolute atomic E-state index is 0.309. The van der Waals surface area contributed by atoms with E-state index in [1.54, 1.807) is 10.9 Å². The van der Waals surface area contributed by atoms with Crippen molar-refractivity contribution in [2.24, 2.45) is 17.8 Å². The van der Waals surface area contributed by atoms with Gasteiger partial charge < -0.3 is 15.4 Å². The number of carbonyl (C=O) groups is 1. The van der Waals surface area contributed by atoms with Crippen LogP contribution >= 0.6 is 22.9 Å². The van der Waals surface area contributed by atoms with Crippen molar-refractivity contribution in [1.82, 2.24) is 15.6 Å². The lowest BCUT2D eigenvalue weighted by Crippen LogP contribution is -2.29. The molecule has 1 saturated heterocycles. The highest BCUT2D eigenvalue weighted by Gasteiger charge is 2.52. The van der Waals surface area contributed by atoms with E-state index < -0.39 is 0 Å².